The minimum absolute atomic E-state index is 0.123. The molecule has 0 bridgehead atoms. The molecule has 2 N–H and O–H groups in total. The van der Waals surface area contributed by atoms with E-state index >= 15 is 0 Å². The normalized spacial score (nSPS) is 12.6. The summed E-state index contributed by atoms with van der Waals surface area (Å²) in [6.07, 6.45) is 0. The molecule has 0 aliphatic heterocycles. The van der Waals surface area contributed by atoms with Gasteiger partial charge in [-0.2, -0.15) is 0 Å². The zero-order valence-electron chi connectivity index (χ0n) is 11.6. The molecule has 0 radical (unpaired) electrons. The van der Waals surface area contributed by atoms with Gasteiger partial charge in [0.1, 0.15) is 0 Å². The minimum Gasteiger partial charge on any atom is -0.754 e. The van der Waals surface area contributed by atoms with Crippen LogP contribution in [0.25, 0.3) is 0 Å². The van der Waals surface area contributed by atoms with E-state index in [2.05, 4.69) is 10.1 Å². The average Bonchev–Trinajstić information content (AvgIpc) is 2.48. The minimum atomic E-state index is -3.73. The van der Waals surface area contributed by atoms with Crippen LogP contribution in [0.4, 0.5) is 11.4 Å². The lowest BCUT2D eigenvalue weighted by atomic mass is 10.3. The first-order chi connectivity index (χ1) is 10.4. The first-order valence-corrected chi connectivity index (χ1v) is 8.70. The molecule has 1 atom stereocenters. The molecule has 7 nitrogen and oxygen atoms in total. The number of hydrogen-bond donors (Lipinski definition) is 2. The molecule has 0 aromatic heterocycles. The van der Waals surface area contributed by atoms with Crippen molar-refractivity contribution in [2.75, 3.05) is 16.2 Å². The van der Waals surface area contributed by atoms with Crippen LogP contribution in [0.1, 0.15) is 0 Å². The third-order valence-electron chi connectivity index (χ3n) is 2.74. The Morgan fingerprint density at radius 3 is 2.36 bits per heavy atom. The zero-order chi connectivity index (χ0) is 16.2. The van der Waals surface area contributed by atoms with E-state index in [0.29, 0.717) is 0 Å². The quantitative estimate of drug-likeness (QED) is 0.608. The Bertz CT molecular complexity index is 766. The molecule has 0 saturated heterocycles. The van der Waals surface area contributed by atoms with Crippen LogP contribution >= 0.6 is 0 Å². The van der Waals surface area contributed by atoms with E-state index < -0.39 is 21.3 Å². The second kappa shape index (κ2) is 6.88. The van der Waals surface area contributed by atoms with Gasteiger partial charge in [-0.3, -0.25) is 8.93 Å². The van der Waals surface area contributed by atoms with Crippen LogP contribution in [0.5, 0.6) is 0 Å². The van der Waals surface area contributed by atoms with E-state index in [1.165, 1.54) is 37.4 Å². The molecule has 0 heterocycles. The lowest BCUT2D eigenvalue weighted by molar-refractivity contribution is 0.527. The van der Waals surface area contributed by atoms with Crippen molar-refractivity contribution in [1.29, 1.82) is 0 Å². The maximum absolute atomic E-state index is 12.2. The summed E-state index contributed by atoms with van der Waals surface area (Å²) in [4.78, 5) is 0.123. The van der Waals surface area contributed by atoms with Crippen molar-refractivity contribution >= 4 is 32.7 Å². The van der Waals surface area contributed by atoms with Crippen molar-refractivity contribution in [2.24, 2.45) is 0 Å². The average molecular weight is 340 g/mol. The van der Waals surface area contributed by atoms with Crippen LogP contribution in [0, 0.1) is 0 Å². The Balaban J connectivity index is 2.30. The summed E-state index contributed by atoms with van der Waals surface area (Å²) >= 11 is -2.53. The van der Waals surface area contributed by atoms with Crippen LogP contribution in [0.3, 0.4) is 0 Å². The van der Waals surface area contributed by atoms with Gasteiger partial charge in [-0.1, -0.05) is 24.3 Å². The molecule has 0 aliphatic carbocycles. The predicted octanol–water partition coefficient (Wildman–Crippen LogP) is 1.22. The Labute approximate surface area is 131 Å². The number of sulfonamides is 1. The Kier molecular flexibility index (Phi) is 5.14. The summed E-state index contributed by atoms with van der Waals surface area (Å²) in [5.41, 5.74) is 3.02. The molecule has 118 valence electrons. The topological polar surface area (TPSA) is 102 Å². The molecule has 2 aromatic rings. The largest absolute Gasteiger partial charge is 0.754 e. The van der Waals surface area contributed by atoms with E-state index in [4.69, 9.17) is 0 Å². The third kappa shape index (κ3) is 3.83. The second-order valence-electron chi connectivity index (χ2n) is 4.20. The van der Waals surface area contributed by atoms with Gasteiger partial charge in [-0.05, 0) is 30.3 Å². The molecule has 1 unspecified atom stereocenters. The lowest BCUT2D eigenvalue weighted by Gasteiger charge is -2.25. The van der Waals surface area contributed by atoms with Gasteiger partial charge in [0.2, 0.25) is 0 Å². The Morgan fingerprint density at radius 2 is 1.77 bits per heavy atom. The molecular weight excluding hydrogens is 326 g/mol. The van der Waals surface area contributed by atoms with Gasteiger partial charge in [0.15, 0.2) is 0 Å². The van der Waals surface area contributed by atoms with Gasteiger partial charge < -0.3 is 4.55 Å². The van der Waals surface area contributed by atoms with E-state index in [1.807, 2.05) is 0 Å². The van der Waals surface area contributed by atoms with Gasteiger partial charge in [0.25, 0.3) is 10.0 Å². The number of anilines is 2. The summed E-state index contributed by atoms with van der Waals surface area (Å²) in [7, 11) is -2.28. The maximum Gasteiger partial charge on any atom is 0.261 e. The van der Waals surface area contributed by atoms with E-state index in [1.54, 1.807) is 24.3 Å². The van der Waals surface area contributed by atoms with Crippen LogP contribution in [-0.2, 0) is 21.3 Å². The molecule has 0 aliphatic rings. The monoisotopic (exact) mass is 340 g/mol. The summed E-state index contributed by atoms with van der Waals surface area (Å²) < 4.78 is 49.9. The van der Waals surface area contributed by atoms with Crippen LogP contribution < -0.4 is 14.6 Å². The predicted molar refractivity (Wildman–Crippen MR) is 84.2 cm³/mol. The van der Waals surface area contributed by atoms with Gasteiger partial charge >= 0.3 is 0 Å². The highest BCUT2D eigenvalue weighted by atomic mass is 32.2. The first kappa shape index (κ1) is 16.4. The maximum atomic E-state index is 12.2. The molecule has 22 heavy (non-hydrogen) atoms. The third-order valence-corrected chi connectivity index (χ3v) is 4.83. The highest BCUT2D eigenvalue weighted by Gasteiger charge is 2.14. The number of nitrogens with one attached hydrogen (secondary N) is 2. The summed E-state index contributed by atoms with van der Waals surface area (Å²) in [5, 5.41) is 0. The van der Waals surface area contributed by atoms with Gasteiger partial charge in [0.05, 0.1) is 27.5 Å². The van der Waals surface area contributed by atoms with Crippen molar-refractivity contribution in [3.8, 4) is 0 Å². The fourth-order valence-corrected chi connectivity index (χ4v) is 3.30. The zero-order valence-corrected chi connectivity index (χ0v) is 13.2. The van der Waals surface area contributed by atoms with Crippen LogP contribution in [0.15, 0.2) is 59.5 Å². The molecule has 0 spiro atoms. The molecule has 0 amide bonds. The SMILES string of the molecule is CNN(c1cccc(NS(=O)(=O)c2ccccc2)c1)S(=O)[O-]. The smallest absolute Gasteiger partial charge is 0.261 e. The first-order valence-electron chi connectivity index (χ1n) is 6.19. The number of nitrogens with zero attached hydrogens (tertiary/aromatic N) is 1. The second-order valence-corrected chi connectivity index (χ2v) is 6.69. The molecule has 0 fully saturated rings. The highest BCUT2D eigenvalue weighted by molar-refractivity contribution is 7.92. The Hall–Kier alpha value is -1.94. The number of hydrogen-bond acceptors (Lipinski definition) is 5. The van der Waals surface area contributed by atoms with Crippen molar-refractivity contribution in [3.63, 3.8) is 0 Å². The summed E-state index contributed by atoms with van der Waals surface area (Å²) in [6, 6.07) is 13.9. The standard InChI is InChI=1S/C13H15N3O4S2/c1-14-16(21(17)18)12-7-5-6-11(10-12)15-22(19,20)13-8-3-2-4-9-13/h2-10,14-15H,1H3,(H,17,18)/p-1. The molecule has 0 saturated carbocycles. The summed E-state index contributed by atoms with van der Waals surface area (Å²) in [6.45, 7) is 0. The van der Waals surface area contributed by atoms with Gasteiger partial charge in [-0.25, -0.2) is 18.3 Å². The highest BCUT2D eigenvalue weighted by Crippen LogP contribution is 2.21. The molecule has 2 rings (SSSR count). The van der Waals surface area contributed by atoms with E-state index in [-0.39, 0.29) is 16.3 Å². The van der Waals surface area contributed by atoms with Gasteiger partial charge in [0, 0.05) is 7.05 Å². The molecular formula is C13H14N3O4S2-. The lowest BCUT2D eigenvalue weighted by Crippen LogP contribution is -2.36. The number of hydrazine groups is 1. The van der Waals surface area contributed by atoms with Crippen molar-refractivity contribution in [2.45, 2.75) is 4.90 Å². The Morgan fingerprint density at radius 1 is 1.09 bits per heavy atom. The van der Waals surface area contributed by atoms with Crippen LogP contribution in [0.2, 0.25) is 0 Å². The fourth-order valence-electron chi connectivity index (χ4n) is 1.80. The fraction of sp³-hybridized carbons (Fsp3) is 0.0769. The van der Waals surface area contributed by atoms with Crippen molar-refractivity contribution in [3.05, 3.63) is 54.6 Å². The number of benzene rings is 2. The van der Waals surface area contributed by atoms with Crippen molar-refractivity contribution in [1.82, 2.24) is 5.43 Å². The summed E-state index contributed by atoms with van der Waals surface area (Å²) in [5.74, 6) is 0. The molecule has 9 heteroatoms. The van der Waals surface area contributed by atoms with E-state index in [9.17, 15) is 17.2 Å². The van der Waals surface area contributed by atoms with Crippen LogP contribution in [-0.4, -0.2) is 24.2 Å². The van der Waals surface area contributed by atoms with Gasteiger partial charge in [-0.15, -0.1) is 0 Å². The number of rotatable bonds is 6. The molecule has 2 aromatic carbocycles. The van der Waals surface area contributed by atoms with Crippen molar-refractivity contribution < 1.29 is 17.2 Å². The van der Waals surface area contributed by atoms with E-state index in [0.717, 1.165) is 4.41 Å².